The molecule has 2 aromatic rings. The molecule has 0 bridgehead atoms. The van der Waals surface area contributed by atoms with Gasteiger partial charge in [-0.1, -0.05) is 6.07 Å². The van der Waals surface area contributed by atoms with E-state index in [2.05, 4.69) is 48.2 Å². The van der Waals surface area contributed by atoms with E-state index in [0.29, 0.717) is 0 Å². The summed E-state index contributed by atoms with van der Waals surface area (Å²) in [4.78, 5) is 5.41. The van der Waals surface area contributed by atoms with Gasteiger partial charge in [-0.3, -0.25) is 0 Å². The predicted molar refractivity (Wildman–Crippen MR) is 60.6 cm³/mol. The molecule has 1 heterocycles. The summed E-state index contributed by atoms with van der Waals surface area (Å²) in [5.74, 6) is 0. The second-order valence-electron chi connectivity index (χ2n) is 3.95. The SMILES string of the molecule is CN(C)CCc1ccc2[nH]ccc2c1. The van der Waals surface area contributed by atoms with Crippen molar-refractivity contribution in [3.8, 4) is 0 Å². The third-order valence-corrected chi connectivity index (χ3v) is 2.47. The van der Waals surface area contributed by atoms with Gasteiger partial charge in [-0.25, -0.2) is 0 Å². The van der Waals surface area contributed by atoms with Crippen molar-refractivity contribution in [3.63, 3.8) is 0 Å². The Kier molecular flexibility index (Phi) is 2.55. The van der Waals surface area contributed by atoms with Gasteiger partial charge in [0.15, 0.2) is 0 Å². The summed E-state index contributed by atoms with van der Waals surface area (Å²) in [6, 6.07) is 8.73. The van der Waals surface area contributed by atoms with E-state index in [1.165, 1.54) is 16.5 Å². The number of rotatable bonds is 3. The highest BCUT2D eigenvalue weighted by molar-refractivity contribution is 5.79. The molecule has 1 N–H and O–H groups in total. The van der Waals surface area contributed by atoms with Crippen molar-refractivity contribution in [1.82, 2.24) is 9.88 Å². The molecule has 2 heteroatoms. The summed E-state index contributed by atoms with van der Waals surface area (Å²) < 4.78 is 0. The molecular weight excluding hydrogens is 172 g/mol. The van der Waals surface area contributed by atoms with E-state index in [-0.39, 0.29) is 0 Å². The smallest absolute Gasteiger partial charge is 0.0454 e. The van der Waals surface area contributed by atoms with Crippen LogP contribution in [0.5, 0.6) is 0 Å². The highest BCUT2D eigenvalue weighted by atomic mass is 15.0. The highest BCUT2D eigenvalue weighted by Gasteiger charge is 1.97. The van der Waals surface area contributed by atoms with Crippen molar-refractivity contribution < 1.29 is 0 Å². The van der Waals surface area contributed by atoms with Crippen LogP contribution in [0, 0.1) is 0 Å². The zero-order chi connectivity index (χ0) is 9.97. The number of likely N-dealkylation sites (N-methyl/N-ethyl adjacent to an activating group) is 1. The first kappa shape index (κ1) is 9.28. The van der Waals surface area contributed by atoms with Gasteiger partial charge in [0.2, 0.25) is 0 Å². The van der Waals surface area contributed by atoms with Crippen LogP contribution in [-0.4, -0.2) is 30.5 Å². The van der Waals surface area contributed by atoms with E-state index in [4.69, 9.17) is 0 Å². The van der Waals surface area contributed by atoms with Crippen molar-refractivity contribution in [2.24, 2.45) is 0 Å². The number of nitrogens with zero attached hydrogens (tertiary/aromatic N) is 1. The maximum Gasteiger partial charge on any atom is 0.0454 e. The first-order valence-corrected chi connectivity index (χ1v) is 4.96. The Labute approximate surface area is 84.5 Å². The third-order valence-electron chi connectivity index (χ3n) is 2.47. The molecule has 2 rings (SSSR count). The van der Waals surface area contributed by atoms with Crippen molar-refractivity contribution in [2.75, 3.05) is 20.6 Å². The first-order valence-electron chi connectivity index (χ1n) is 4.96. The summed E-state index contributed by atoms with van der Waals surface area (Å²) in [5, 5.41) is 1.31. The Morgan fingerprint density at radius 1 is 1.21 bits per heavy atom. The second kappa shape index (κ2) is 3.84. The number of H-pyrrole nitrogens is 1. The van der Waals surface area contributed by atoms with Gasteiger partial charge < -0.3 is 9.88 Å². The van der Waals surface area contributed by atoms with E-state index in [0.717, 1.165) is 13.0 Å². The Morgan fingerprint density at radius 3 is 2.86 bits per heavy atom. The van der Waals surface area contributed by atoms with Gasteiger partial charge in [0, 0.05) is 18.3 Å². The number of aromatic nitrogens is 1. The number of benzene rings is 1. The van der Waals surface area contributed by atoms with Crippen LogP contribution in [0.3, 0.4) is 0 Å². The standard InChI is InChI=1S/C12H16N2/c1-14(2)8-6-10-3-4-12-11(9-10)5-7-13-12/h3-5,7,9,13H,6,8H2,1-2H3. The molecule has 0 fully saturated rings. The second-order valence-corrected chi connectivity index (χ2v) is 3.95. The number of nitrogens with one attached hydrogen (secondary N) is 1. The average Bonchev–Trinajstić information content (AvgIpc) is 2.61. The molecule has 1 aromatic carbocycles. The molecule has 0 saturated heterocycles. The first-order chi connectivity index (χ1) is 6.75. The zero-order valence-corrected chi connectivity index (χ0v) is 8.75. The van der Waals surface area contributed by atoms with Crippen LogP contribution in [0.2, 0.25) is 0 Å². The maximum absolute atomic E-state index is 3.20. The lowest BCUT2D eigenvalue weighted by Gasteiger charge is -2.08. The van der Waals surface area contributed by atoms with E-state index in [1.807, 2.05) is 6.20 Å². The molecule has 0 saturated carbocycles. The molecule has 0 unspecified atom stereocenters. The van der Waals surface area contributed by atoms with E-state index < -0.39 is 0 Å². The monoisotopic (exact) mass is 188 g/mol. The topological polar surface area (TPSA) is 19.0 Å². The zero-order valence-electron chi connectivity index (χ0n) is 8.75. The van der Waals surface area contributed by atoms with Gasteiger partial charge in [-0.2, -0.15) is 0 Å². The van der Waals surface area contributed by atoms with Crippen LogP contribution in [0.25, 0.3) is 10.9 Å². The Morgan fingerprint density at radius 2 is 2.07 bits per heavy atom. The maximum atomic E-state index is 3.20. The van der Waals surface area contributed by atoms with Crippen molar-refractivity contribution in [3.05, 3.63) is 36.0 Å². The Balaban J connectivity index is 2.17. The molecule has 0 spiro atoms. The Hall–Kier alpha value is -1.28. The molecule has 0 aliphatic heterocycles. The van der Waals surface area contributed by atoms with Gasteiger partial charge in [-0.15, -0.1) is 0 Å². The van der Waals surface area contributed by atoms with Gasteiger partial charge >= 0.3 is 0 Å². The van der Waals surface area contributed by atoms with Crippen LogP contribution < -0.4 is 0 Å². The summed E-state index contributed by atoms with van der Waals surface area (Å²) in [6.45, 7) is 1.11. The Bertz CT molecular complexity index is 415. The third kappa shape index (κ3) is 1.96. The summed E-state index contributed by atoms with van der Waals surface area (Å²) in [5.41, 5.74) is 2.63. The van der Waals surface area contributed by atoms with Crippen molar-refractivity contribution in [2.45, 2.75) is 6.42 Å². The lowest BCUT2D eigenvalue weighted by molar-refractivity contribution is 0.414. The minimum atomic E-state index is 1.11. The normalized spacial score (nSPS) is 11.4. The van der Waals surface area contributed by atoms with Gasteiger partial charge in [0.05, 0.1) is 0 Å². The van der Waals surface area contributed by atoms with Crippen LogP contribution in [0.4, 0.5) is 0 Å². The lowest BCUT2D eigenvalue weighted by atomic mass is 10.1. The van der Waals surface area contributed by atoms with Crippen molar-refractivity contribution in [1.29, 1.82) is 0 Å². The molecule has 2 nitrogen and oxygen atoms in total. The van der Waals surface area contributed by atoms with Crippen LogP contribution in [0.15, 0.2) is 30.5 Å². The van der Waals surface area contributed by atoms with Gasteiger partial charge in [-0.05, 0) is 49.7 Å². The molecule has 0 amide bonds. The number of aromatic amines is 1. The number of fused-ring (bicyclic) bond motifs is 1. The number of hydrogen-bond acceptors (Lipinski definition) is 1. The molecular formula is C12H16N2. The minimum Gasteiger partial charge on any atom is -0.361 e. The largest absolute Gasteiger partial charge is 0.361 e. The molecule has 74 valence electrons. The van der Waals surface area contributed by atoms with Crippen LogP contribution in [0.1, 0.15) is 5.56 Å². The van der Waals surface area contributed by atoms with E-state index in [9.17, 15) is 0 Å². The fourth-order valence-electron chi connectivity index (χ4n) is 1.61. The number of hydrogen-bond donors (Lipinski definition) is 1. The van der Waals surface area contributed by atoms with Gasteiger partial charge in [0.1, 0.15) is 0 Å². The van der Waals surface area contributed by atoms with Crippen LogP contribution in [-0.2, 0) is 6.42 Å². The fourth-order valence-corrected chi connectivity index (χ4v) is 1.61. The molecule has 1 aromatic heterocycles. The molecule has 0 atom stereocenters. The summed E-state index contributed by atoms with van der Waals surface area (Å²) >= 11 is 0. The van der Waals surface area contributed by atoms with Crippen molar-refractivity contribution >= 4 is 10.9 Å². The lowest BCUT2D eigenvalue weighted by Crippen LogP contribution is -2.14. The van der Waals surface area contributed by atoms with E-state index >= 15 is 0 Å². The highest BCUT2D eigenvalue weighted by Crippen LogP contribution is 2.14. The minimum absolute atomic E-state index is 1.11. The van der Waals surface area contributed by atoms with E-state index in [1.54, 1.807) is 0 Å². The quantitative estimate of drug-likeness (QED) is 0.783. The molecule has 0 aliphatic carbocycles. The molecule has 0 radical (unpaired) electrons. The summed E-state index contributed by atoms with van der Waals surface area (Å²) in [6.07, 6.45) is 3.11. The fraction of sp³-hybridized carbons (Fsp3) is 0.333. The molecule has 0 aliphatic rings. The average molecular weight is 188 g/mol. The van der Waals surface area contributed by atoms with Gasteiger partial charge in [0.25, 0.3) is 0 Å². The van der Waals surface area contributed by atoms with Crippen LogP contribution >= 0.6 is 0 Å². The molecule has 14 heavy (non-hydrogen) atoms. The summed E-state index contributed by atoms with van der Waals surface area (Å²) in [7, 11) is 4.21. The predicted octanol–water partition coefficient (Wildman–Crippen LogP) is 2.27.